The van der Waals surface area contributed by atoms with Crippen molar-refractivity contribution in [2.45, 2.75) is 23.5 Å². The topological polar surface area (TPSA) is 118 Å². The van der Waals surface area contributed by atoms with Crippen LogP contribution in [0.5, 0.6) is 0 Å². The van der Waals surface area contributed by atoms with Gasteiger partial charge in [-0.3, -0.25) is 4.18 Å². The number of halogens is 3. The quantitative estimate of drug-likeness (QED) is 0.0823. The number of esters is 2. The number of carbonyl (C=O) groups excluding carboxylic acids is 2. The zero-order chi connectivity index (χ0) is 28.4. The molecule has 0 heterocycles. The van der Waals surface area contributed by atoms with E-state index < -0.39 is 45.8 Å². The minimum Gasteiger partial charge on any atom is -0.459 e. The summed E-state index contributed by atoms with van der Waals surface area (Å²) in [5, 5.41) is 3.30. The first-order chi connectivity index (χ1) is 18.6. The molecule has 0 aromatic heterocycles. The lowest BCUT2D eigenvalue weighted by Crippen LogP contribution is -2.39. The van der Waals surface area contributed by atoms with Crippen molar-refractivity contribution in [2.24, 2.45) is 5.16 Å². The minimum absolute atomic E-state index is 0.0272. The zero-order valence-electron chi connectivity index (χ0n) is 20.3. The number of carbonyl (C=O) groups is 2. The highest BCUT2D eigenvalue weighted by Gasteiger charge is 2.34. The molecule has 0 aliphatic heterocycles. The van der Waals surface area contributed by atoms with Crippen LogP contribution in [0.4, 0.5) is 0 Å². The summed E-state index contributed by atoms with van der Waals surface area (Å²) in [6.45, 7) is -0.626. The molecule has 0 aliphatic rings. The van der Waals surface area contributed by atoms with Crippen LogP contribution in [0.2, 0.25) is 15.1 Å². The summed E-state index contributed by atoms with van der Waals surface area (Å²) in [6.07, 6.45) is -1.76. The van der Waals surface area contributed by atoms with Crippen LogP contribution in [-0.2, 0) is 28.6 Å². The largest absolute Gasteiger partial charge is 0.459 e. The average molecular weight is 615 g/mol. The van der Waals surface area contributed by atoms with Gasteiger partial charge in [0.2, 0.25) is 0 Å². The summed E-state index contributed by atoms with van der Waals surface area (Å²) in [7, 11) is -3.35. The zero-order valence-corrected chi connectivity index (χ0v) is 23.4. The van der Waals surface area contributed by atoms with Crippen molar-refractivity contribution in [3.8, 4) is 0 Å². The van der Waals surface area contributed by atoms with E-state index in [4.69, 9.17) is 48.5 Å². The number of hydrogen-bond donors (Lipinski definition) is 0. The molecule has 0 radical (unpaired) electrons. The molecule has 0 N–H and O–H groups in total. The molecule has 39 heavy (non-hydrogen) atoms. The van der Waals surface area contributed by atoms with Crippen molar-refractivity contribution in [2.75, 3.05) is 13.7 Å². The molecule has 9 nitrogen and oxygen atoms in total. The van der Waals surface area contributed by atoms with Gasteiger partial charge in [-0.05, 0) is 36.4 Å². The number of hydrogen-bond acceptors (Lipinski definition) is 9. The standard InChI is InChI=1S/C26H22Cl3NO8S/c1-35-30-13-12-22(37-26(32)18-10-6-3-7-11-18)23(16-36-25(31)17-8-4-2-5-9-17)38-39(33,34)24-15-20(28)19(27)14-21(24)29/h2-11,13-15,22-23H,12,16H2,1H3/b30-13+/t22-,23+/m0/s1. The van der Waals surface area contributed by atoms with Crippen molar-refractivity contribution in [3.63, 3.8) is 0 Å². The highest BCUT2D eigenvalue weighted by atomic mass is 35.5. The number of rotatable bonds is 12. The molecular formula is C26H22Cl3NO8S. The average Bonchev–Trinajstić information content (AvgIpc) is 2.93. The minimum atomic E-state index is -4.65. The van der Waals surface area contributed by atoms with Gasteiger partial charge in [-0.15, -0.1) is 0 Å². The van der Waals surface area contributed by atoms with Crippen LogP contribution in [0, 0.1) is 0 Å². The Morgan fingerprint density at radius 3 is 2.00 bits per heavy atom. The van der Waals surface area contributed by atoms with Crippen molar-refractivity contribution in [1.82, 2.24) is 0 Å². The lowest BCUT2D eigenvalue weighted by Gasteiger charge is -2.26. The Morgan fingerprint density at radius 2 is 1.41 bits per heavy atom. The van der Waals surface area contributed by atoms with Gasteiger partial charge in [-0.1, -0.05) is 76.4 Å². The molecule has 0 aliphatic carbocycles. The monoisotopic (exact) mass is 613 g/mol. The van der Waals surface area contributed by atoms with Crippen LogP contribution in [0.15, 0.2) is 82.8 Å². The third kappa shape index (κ3) is 8.67. The summed E-state index contributed by atoms with van der Waals surface area (Å²) >= 11 is 18.0. The molecule has 0 bridgehead atoms. The van der Waals surface area contributed by atoms with Gasteiger partial charge in [-0.25, -0.2) is 9.59 Å². The van der Waals surface area contributed by atoms with Gasteiger partial charge in [0.15, 0.2) is 0 Å². The van der Waals surface area contributed by atoms with Gasteiger partial charge >= 0.3 is 11.9 Å². The van der Waals surface area contributed by atoms with Crippen molar-refractivity contribution < 1.29 is 36.5 Å². The third-order valence-corrected chi connectivity index (χ3v) is 7.61. The fourth-order valence-corrected chi connectivity index (χ4v) is 5.26. The lowest BCUT2D eigenvalue weighted by molar-refractivity contribution is -0.0290. The molecule has 2 atom stereocenters. The van der Waals surface area contributed by atoms with E-state index in [1.54, 1.807) is 36.4 Å². The summed E-state index contributed by atoms with van der Waals surface area (Å²) in [5.41, 5.74) is 0.409. The predicted octanol–water partition coefficient (Wildman–Crippen LogP) is 5.83. The summed E-state index contributed by atoms with van der Waals surface area (Å²) in [5.74, 6) is -1.53. The Bertz CT molecular complexity index is 1420. The Labute approximate surface area is 240 Å². The van der Waals surface area contributed by atoms with Gasteiger partial charge in [0.05, 0.1) is 26.2 Å². The Hall–Kier alpha value is -3.15. The molecule has 206 valence electrons. The molecule has 0 saturated carbocycles. The number of oxime groups is 1. The van der Waals surface area contributed by atoms with Crippen LogP contribution < -0.4 is 0 Å². The molecule has 0 amide bonds. The first-order valence-corrected chi connectivity index (χ1v) is 13.8. The fourth-order valence-electron chi connectivity index (χ4n) is 3.20. The van der Waals surface area contributed by atoms with Crippen LogP contribution in [0.1, 0.15) is 27.1 Å². The lowest BCUT2D eigenvalue weighted by atomic mass is 10.1. The highest BCUT2D eigenvalue weighted by Crippen LogP contribution is 2.33. The fraction of sp³-hybridized carbons (Fsp3) is 0.192. The summed E-state index contributed by atoms with van der Waals surface area (Å²) in [4.78, 5) is 29.7. The summed E-state index contributed by atoms with van der Waals surface area (Å²) < 4.78 is 42.9. The molecule has 13 heteroatoms. The molecule has 0 spiro atoms. The van der Waals surface area contributed by atoms with E-state index in [0.717, 1.165) is 12.1 Å². The van der Waals surface area contributed by atoms with Gasteiger partial charge in [0.25, 0.3) is 10.1 Å². The van der Waals surface area contributed by atoms with Gasteiger partial charge in [0, 0.05) is 12.6 Å². The molecule has 0 unspecified atom stereocenters. The molecule has 0 saturated heterocycles. The molecular weight excluding hydrogens is 593 g/mol. The smallest absolute Gasteiger partial charge is 0.338 e. The molecule has 3 rings (SSSR count). The molecule has 3 aromatic carbocycles. The van der Waals surface area contributed by atoms with Crippen LogP contribution in [0.25, 0.3) is 0 Å². The Morgan fingerprint density at radius 1 is 0.846 bits per heavy atom. The summed E-state index contributed by atoms with van der Waals surface area (Å²) in [6, 6.07) is 18.2. The van der Waals surface area contributed by atoms with Crippen molar-refractivity contribution in [1.29, 1.82) is 0 Å². The second-order valence-corrected chi connectivity index (χ2v) is 10.5. The van der Waals surface area contributed by atoms with Crippen LogP contribution in [-0.4, -0.2) is 52.5 Å². The van der Waals surface area contributed by atoms with Crippen molar-refractivity contribution in [3.05, 3.63) is 99.0 Å². The van der Waals surface area contributed by atoms with Gasteiger partial charge < -0.3 is 14.3 Å². The van der Waals surface area contributed by atoms with Crippen molar-refractivity contribution >= 4 is 63.1 Å². The van der Waals surface area contributed by atoms with Crippen LogP contribution >= 0.6 is 34.8 Å². The van der Waals surface area contributed by atoms with E-state index in [1.165, 1.54) is 37.6 Å². The van der Waals surface area contributed by atoms with Gasteiger partial charge in [0.1, 0.15) is 30.8 Å². The SMILES string of the molecule is CO/N=C/C[C@H](OC(=O)c1ccccc1)[C@@H](COC(=O)c1ccccc1)OS(=O)(=O)c1cc(Cl)c(Cl)cc1Cl. The maximum atomic E-state index is 13.3. The first-order valence-electron chi connectivity index (χ1n) is 11.2. The van der Waals surface area contributed by atoms with E-state index in [2.05, 4.69) is 9.99 Å². The first kappa shape index (κ1) is 30.4. The second-order valence-electron chi connectivity index (χ2n) is 7.77. The van der Waals surface area contributed by atoms with E-state index in [9.17, 15) is 18.0 Å². The van der Waals surface area contributed by atoms with E-state index in [-0.39, 0.29) is 32.6 Å². The predicted molar refractivity (Wildman–Crippen MR) is 146 cm³/mol. The van der Waals surface area contributed by atoms with Gasteiger partial charge in [-0.2, -0.15) is 8.42 Å². The number of benzene rings is 3. The maximum Gasteiger partial charge on any atom is 0.338 e. The highest BCUT2D eigenvalue weighted by molar-refractivity contribution is 7.87. The van der Waals surface area contributed by atoms with E-state index in [0.29, 0.717) is 0 Å². The van der Waals surface area contributed by atoms with E-state index >= 15 is 0 Å². The second kappa shape index (κ2) is 14.3. The number of ether oxygens (including phenoxy) is 2. The number of nitrogens with zero attached hydrogens (tertiary/aromatic N) is 1. The third-order valence-electron chi connectivity index (χ3n) is 5.08. The maximum absolute atomic E-state index is 13.3. The normalized spacial score (nSPS) is 13.0. The Kier molecular flexibility index (Phi) is 11.1. The van der Waals surface area contributed by atoms with Crippen LogP contribution in [0.3, 0.4) is 0 Å². The molecule has 3 aromatic rings. The molecule has 0 fully saturated rings. The Balaban J connectivity index is 1.96. The van der Waals surface area contributed by atoms with E-state index in [1.807, 2.05) is 0 Å².